The molecule has 0 unspecified atom stereocenters. The summed E-state index contributed by atoms with van der Waals surface area (Å²) in [5.74, 6) is 1.68. The first kappa shape index (κ1) is 13.9. The fraction of sp³-hybridized carbons (Fsp3) is 0. The number of sulfonamides is 1. The van der Waals surface area contributed by atoms with Gasteiger partial charge in [-0.1, -0.05) is 12.0 Å². The van der Waals surface area contributed by atoms with E-state index in [0.29, 0.717) is 11.3 Å². The molecule has 0 aliphatic heterocycles. The number of nitrogens with one attached hydrogen (secondary N) is 1. The van der Waals surface area contributed by atoms with Crippen molar-refractivity contribution in [2.24, 2.45) is 0 Å². The predicted octanol–water partition coefficient (Wildman–Crippen LogP) is 2.19. The van der Waals surface area contributed by atoms with Crippen LogP contribution in [-0.2, 0) is 10.0 Å². The third-order valence-electron chi connectivity index (χ3n) is 2.49. The zero-order valence-electron chi connectivity index (χ0n) is 10.3. The molecule has 4 nitrogen and oxygen atoms in total. The van der Waals surface area contributed by atoms with Gasteiger partial charge in [0.2, 0.25) is 0 Å². The second-order valence-corrected chi connectivity index (χ2v) is 5.73. The maximum absolute atomic E-state index is 13.2. The minimum atomic E-state index is -3.92. The van der Waals surface area contributed by atoms with E-state index >= 15 is 0 Å². The predicted molar refractivity (Wildman–Crippen MR) is 76.0 cm³/mol. The summed E-state index contributed by atoms with van der Waals surface area (Å²) in [6.07, 6.45) is 5.24. The van der Waals surface area contributed by atoms with Gasteiger partial charge in [-0.3, -0.25) is 4.72 Å². The molecule has 2 aromatic rings. The highest BCUT2D eigenvalue weighted by Gasteiger charge is 2.16. The average molecular weight is 290 g/mol. The van der Waals surface area contributed by atoms with E-state index in [2.05, 4.69) is 10.6 Å². The van der Waals surface area contributed by atoms with Crippen LogP contribution in [0, 0.1) is 18.2 Å². The van der Waals surface area contributed by atoms with Crippen molar-refractivity contribution in [2.75, 3.05) is 10.5 Å². The first-order valence-corrected chi connectivity index (χ1v) is 7.04. The van der Waals surface area contributed by atoms with Crippen LogP contribution < -0.4 is 10.5 Å². The molecule has 0 aliphatic carbocycles. The summed E-state index contributed by atoms with van der Waals surface area (Å²) in [5.41, 5.74) is 6.29. The van der Waals surface area contributed by atoms with Crippen LogP contribution in [0.4, 0.5) is 15.8 Å². The molecule has 0 amide bonds. The van der Waals surface area contributed by atoms with Crippen molar-refractivity contribution in [2.45, 2.75) is 4.90 Å². The van der Waals surface area contributed by atoms with Gasteiger partial charge in [0.05, 0.1) is 10.6 Å². The molecule has 2 rings (SSSR count). The summed E-state index contributed by atoms with van der Waals surface area (Å²) in [6.45, 7) is 0. The van der Waals surface area contributed by atoms with Crippen molar-refractivity contribution in [3.63, 3.8) is 0 Å². The van der Waals surface area contributed by atoms with Gasteiger partial charge in [0.25, 0.3) is 10.0 Å². The van der Waals surface area contributed by atoms with Gasteiger partial charge in [0.15, 0.2) is 0 Å². The van der Waals surface area contributed by atoms with E-state index in [0.717, 1.165) is 12.1 Å². The minimum absolute atomic E-state index is 0.0303. The molecule has 0 saturated heterocycles. The first-order chi connectivity index (χ1) is 9.40. The molecular formula is C14H11FN2O2S. The lowest BCUT2D eigenvalue weighted by molar-refractivity contribution is 0.595. The van der Waals surface area contributed by atoms with Gasteiger partial charge in [0.1, 0.15) is 5.82 Å². The Morgan fingerprint density at radius 3 is 2.60 bits per heavy atom. The molecule has 0 aromatic heterocycles. The second kappa shape index (κ2) is 5.23. The molecule has 0 spiro atoms. The zero-order valence-corrected chi connectivity index (χ0v) is 11.1. The highest BCUT2D eigenvalue weighted by atomic mass is 32.2. The van der Waals surface area contributed by atoms with Crippen LogP contribution in [0.15, 0.2) is 47.4 Å². The van der Waals surface area contributed by atoms with Crippen LogP contribution in [0.5, 0.6) is 0 Å². The Bertz CT molecular complexity index is 775. The first-order valence-electron chi connectivity index (χ1n) is 5.56. The van der Waals surface area contributed by atoms with Crippen LogP contribution in [0.1, 0.15) is 5.56 Å². The third kappa shape index (κ3) is 3.08. The molecule has 0 bridgehead atoms. The number of benzene rings is 2. The van der Waals surface area contributed by atoms with E-state index in [-0.39, 0.29) is 10.6 Å². The number of anilines is 2. The average Bonchev–Trinajstić information content (AvgIpc) is 2.37. The molecule has 0 radical (unpaired) electrons. The molecule has 2 aromatic carbocycles. The van der Waals surface area contributed by atoms with Crippen molar-refractivity contribution in [1.82, 2.24) is 0 Å². The number of hydrogen-bond acceptors (Lipinski definition) is 3. The summed E-state index contributed by atoms with van der Waals surface area (Å²) in [4.78, 5) is -0.249. The van der Waals surface area contributed by atoms with Gasteiger partial charge in [-0.25, -0.2) is 12.8 Å². The molecule has 0 heterocycles. The van der Waals surface area contributed by atoms with Gasteiger partial charge in [-0.2, -0.15) is 0 Å². The monoisotopic (exact) mass is 290 g/mol. The fourth-order valence-corrected chi connectivity index (χ4v) is 2.74. The number of rotatable bonds is 3. The largest absolute Gasteiger partial charge is 0.399 e. The molecule has 3 N–H and O–H groups in total. The van der Waals surface area contributed by atoms with Crippen molar-refractivity contribution < 1.29 is 12.8 Å². The lowest BCUT2D eigenvalue weighted by Crippen LogP contribution is -2.13. The molecule has 0 atom stereocenters. The maximum Gasteiger partial charge on any atom is 0.262 e. The van der Waals surface area contributed by atoms with Crippen LogP contribution in [0.2, 0.25) is 0 Å². The summed E-state index contributed by atoms with van der Waals surface area (Å²) in [5, 5.41) is 0. The minimum Gasteiger partial charge on any atom is -0.399 e. The Kier molecular flexibility index (Phi) is 3.63. The Labute approximate surface area is 116 Å². The molecule has 0 aliphatic rings. The van der Waals surface area contributed by atoms with Crippen LogP contribution in [0.25, 0.3) is 0 Å². The Morgan fingerprint density at radius 2 is 1.95 bits per heavy atom. The Hall–Kier alpha value is -2.52. The molecule has 0 saturated carbocycles. The van der Waals surface area contributed by atoms with Crippen molar-refractivity contribution in [3.05, 3.63) is 53.8 Å². The number of halogens is 1. The maximum atomic E-state index is 13.2. The number of nitrogen functional groups attached to an aromatic ring is 1. The Morgan fingerprint density at radius 1 is 1.20 bits per heavy atom. The SMILES string of the molecule is C#Cc1cccc(NS(=O)(=O)c2cc(N)cc(F)c2)c1. The van der Waals surface area contributed by atoms with Crippen molar-refractivity contribution >= 4 is 21.4 Å². The van der Waals surface area contributed by atoms with E-state index in [1.165, 1.54) is 12.1 Å². The fourth-order valence-electron chi connectivity index (χ4n) is 1.63. The van der Waals surface area contributed by atoms with Gasteiger partial charge in [0, 0.05) is 11.3 Å². The normalized spacial score (nSPS) is 10.8. The molecule has 102 valence electrons. The third-order valence-corrected chi connectivity index (χ3v) is 3.85. The van der Waals surface area contributed by atoms with E-state index in [1.54, 1.807) is 18.2 Å². The van der Waals surface area contributed by atoms with Gasteiger partial charge in [-0.15, -0.1) is 6.42 Å². The number of terminal acetylenes is 1. The smallest absolute Gasteiger partial charge is 0.262 e. The molecule has 0 fully saturated rings. The summed E-state index contributed by atoms with van der Waals surface area (Å²) < 4.78 is 39.8. The van der Waals surface area contributed by atoms with Crippen LogP contribution >= 0.6 is 0 Å². The van der Waals surface area contributed by atoms with E-state index in [1.807, 2.05) is 0 Å². The second-order valence-electron chi connectivity index (χ2n) is 4.05. The molecule has 20 heavy (non-hydrogen) atoms. The van der Waals surface area contributed by atoms with Crippen LogP contribution in [-0.4, -0.2) is 8.42 Å². The summed E-state index contributed by atoms with van der Waals surface area (Å²) in [7, 11) is -3.92. The van der Waals surface area contributed by atoms with Gasteiger partial charge in [-0.05, 0) is 36.4 Å². The highest BCUT2D eigenvalue weighted by Crippen LogP contribution is 2.20. The quantitative estimate of drug-likeness (QED) is 0.672. The van der Waals surface area contributed by atoms with E-state index in [9.17, 15) is 12.8 Å². The molecule has 6 heteroatoms. The summed E-state index contributed by atoms with van der Waals surface area (Å²) >= 11 is 0. The van der Waals surface area contributed by atoms with E-state index in [4.69, 9.17) is 12.2 Å². The van der Waals surface area contributed by atoms with Gasteiger partial charge < -0.3 is 5.73 Å². The van der Waals surface area contributed by atoms with Crippen molar-refractivity contribution in [3.8, 4) is 12.3 Å². The standard InChI is InChI=1S/C14H11FN2O2S/c1-2-10-4-3-5-13(6-10)17-20(18,19)14-8-11(15)7-12(16)9-14/h1,3-9,17H,16H2. The summed E-state index contributed by atoms with van der Waals surface area (Å²) in [6, 6.07) is 9.43. The Balaban J connectivity index is 2.38. The topological polar surface area (TPSA) is 72.2 Å². The highest BCUT2D eigenvalue weighted by molar-refractivity contribution is 7.92. The lowest BCUT2D eigenvalue weighted by atomic mass is 10.2. The van der Waals surface area contributed by atoms with Crippen LogP contribution in [0.3, 0.4) is 0 Å². The number of nitrogens with two attached hydrogens (primary N) is 1. The number of hydrogen-bond donors (Lipinski definition) is 2. The van der Waals surface area contributed by atoms with Gasteiger partial charge >= 0.3 is 0 Å². The lowest BCUT2D eigenvalue weighted by Gasteiger charge is -2.09. The van der Waals surface area contributed by atoms with Crippen molar-refractivity contribution in [1.29, 1.82) is 0 Å². The zero-order chi connectivity index (χ0) is 14.8. The van der Waals surface area contributed by atoms with E-state index < -0.39 is 15.8 Å². The molecular weight excluding hydrogens is 279 g/mol.